The third-order valence-corrected chi connectivity index (χ3v) is 5.13. The van der Waals surface area contributed by atoms with E-state index in [0.717, 1.165) is 0 Å². The molecular formula is C23H25F3N2O4. The fraction of sp³-hybridized carbons (Fsp3) is 0.391. The fourth-order valence-electron chi connectivity index (χ4n) is 3.56. The molecule has 1 fully saturated rings. The third kappa shape index (κ3) is 6.38. The van der Waals surface area contributed by atoms with Gasteiger partial charge in [-0.1, -0.05) is 24.3 Å². The maximum Gasteiger partial charge on any atom is 0.387 e. The summed E-state index contributed by atoms with van der Waals surface area (Å²) in [6.45, 7) is -1.81. The SMILES string of the molecule is O=C(NCCCOc1ccccc1F)C1CCCN(C(=O)c2ccccc2OC(F)F)C1. The van der Waals surface area contributed by atoms with Gasteiger partial charge >= 0.3 is 6.61 Å². The van der Waals surface area contributed by atoms with E-state index in [1.165, 1.54) is 35.2 Å². The Kier molecular flexibility index (Phi) is 8.35. The Morgan fingerprint density at radius 3 is 2.56 bits per heavy atom. The monoisotopic (exact) mass is 450 g/mol. The number of hydrogen-bond donors (Lipinski definition) is 1. The lowest BCUT2D eigenvalue weighted by atomic mass is 9.96. The molecule has 9 heteroatoms. The first-order chi connectivity index (χ1) is 15.5. The molecule has 0 aromatic heterocycles. The van der Waals surface area contributed by atoms with Crippen molar-refractivity contribution in [3.63, 3.8) is 0 Å². The van der Waals surface area contributed by atoms with E-state index < -0.39 is 24.3 Å². The highest BCUT2D eigenvalue weighted by molar-refractivity contribution is 5.97. The summed E-state index contributed by atoms with van der Waals surface area (Å²) in [6, 6.07) is 11.9. The predicted molar refractivity (Wildman–Crippen MR) is 111 cm³/mol. The summed E-state index contributed by atoms with van der Waals surface area (Å²) in [5.41, 5.74) is 0.0409. The zero-order valence-corrected chi connectivity index (χ0v) is 17.4. The molecule has 1 heterocycles. The van der Waals surface area contributed by atoms with Crippen molar-refractivity contribution in [3.8, 4) is 11.5 Å². The molecule has 0 spiro atoms. The van der Waals surface area contributed by atoms with Crippen molar-refractivity contribution in [1.29, 1.82) is 0 Å². The number of benzene rings is 2. The average molecular weight is 450 g/mol. The molecule has 0 aliphatic carbocycles. The smallest absolute Gasteiger partial charge is 0.387 e. The summed E-state index contributed by atoms with van der Waals surface area (Å²) in [5.74, 6) is -1.50. The van der Waals surface area contributed by atoms with Crippen molar-refractivity contribution in [2.24, 2.45) is 5.92 Å². The molecule has 1 aliphatic rings. The molecule has 32 heavy (non-hydrogen) atoms. The molecule has 1 aliphatic heterocycles. The van der Waals surface area contributed by atoms with Gasteiger partial charge in [0.25, 0.3) is 5.91 Å². The Morgan fingerprint density at radius 1 is 1.09 bits per heavy atom. The van der Waals surface area contributed by atoms with Crippen molar-refractivity contribution in [3.05, 3.63) is 59.9 Å². The second-order valence-corrected chi connectivity index (χ2v) is 7.39. The van der Waals surface area contributed by atoms with E-state index in [1.54, 1.807) is 18.2 Å². The van der Waals surface area contributed by atoms with Gasteiger partial charge in [-0.15, -0.1) is 0 Å². The molecule has 2 amide bonds. The molecule has 0 radical (unpaired) electrons. The largest absolute Gasteiger partial charge is 0.490 e. The second kappa shape index (κ2) is 11.4. The lowest BCUT2D eigenvalue weighted by Crippen LogP contribution is -2.45. The molecule has 1 N–H and O–H groups in total. The summed E-state index contributed by atoms with van der Waals surface area (Å²) in [4.78, 5) is 26.9. The summed E-state index contributed by atoms with van der Waals surface area (Å²) < 4.78 is 48.6. The van der Waals surface area contributed by atoms with Gasteiger partial charge in [0.15, 0.2) is 11.6 Å². The number of piperidine rings is 1. The average Bonchev–Trinajstić information content (AvgIpc) is 2.79. The maximum atomic E-state index is 13.5. The topological polar surface area (TPSA) is 67.9 Å². The molecule has 0 bridgehead atoms. The summed E-state index contributed by atoms with van der Waals surface area (Å²) >= 11 is 0. The maximum absolute atomic E-state index is 13.5. The van der Waals surface area contributed by atoms with Gasteiger partial charge in [0, 0.05) is 19.6 Å². The van der Waals surface area contributed by atoms with E-state index in [-0.39, 0.29) is 36.1 Å². The summed E-state index contributed by atoms with van der Waals surface area (Å²) in [6.07, 6.45) is 1.74. The van der Waals surface area contributed by atoms with E-state index in [4.69, 9.17) is 4.74 Å². The Morgan fingerprint density at radius 2 is 1.81 bits per heavy atom. The zero-order chi connectivity index (χ0) is 22.9. The minimum absolute atomic E-state index is 0.0409. The molecule has 6 nitrogen and oxygen atoms in total. The molecule has 172 valence electrons. The number of amides is 2. The van der Waals surface area contributed by atoms with Crippen molar-refractivity contribution >= 4 is 11.8 Å². The summed E-state index contributed by atoms with van der Waals surface area (Å²) in [7, 11) is 0. The number of nitrogens with zero attached hydrogens (tertiary/aromatic N) is 1. The number of ether oxygens (including phenoxy) is 2. The van der Waals surface area contributed by atoms with Crippen LogP contribution in [-0.4, -0.2) is 49.6 Å². The first kappa shape index (κ1) is 23.4. The van der Waals surface area contributed by atoms with Crippen LogP contribution in [-0.2, 0) is 4.79 Å². The Balaban J connectivity index is 1.47. The number of hydrogen-bond acceptors (Lipinski definition) is 4. The standard InChI is InChI=1S/C23H25F3N2O4/c24-18-9-2-4-11-20(18)31-14-6-12-27-21(29)16-7-5-13-28(15-16)22(30)17-8-1-3-10-19(17)32-23(25)26/h1-4,8-11,16,23H,5-7,12-15H2,(H,27,29). The molecule has 0 saturated carbocycles. The van der Waals surface area contributed by atoms with Crippen LogP contribution in [0.1, 0.15) is 29.6 Å². The van der Waals surface area contributed by atoms with Gasteiger partial charge < -0.3 is 19.7 Å². The van der Waals surface area contributed by atoms with Crippen LogP contribution in [0, 0.1) is 11.7 Å². The van der Waals surface area contributed by atoms with Crippen LogP contribution in [0.2, 0.25) is 0 Å². The van der Waals surface area contributed by atoms with Crippen LogP contribution in [0.4, 0.5) is 13.2 Å². The van der Waals surface area contributed by atoms with Crippen molar-refractivity contribution in [2.45, 2.75) is 25.9 Å². The number of para-hydroxylation sites is 2. The van der Waals surface area contributed by atoms with E-state index in [0.29, 0.717) is 32.4 Å². The van der Waals surface area contributed by atoms with Crippen molar-refractivity contribution in [2.75, 3.05) is 26.2 Å². The lowest BCUT2D eigenvalue weighted by molar-refractivity contribution is -0.126. The lowest BCUT2D eigenvalue weighted by Gasteiger charge is -2.32. The number of halogens is 3. The van der Waals surface area contributed by atoms with Crippen LogP contribution in [0.25, 0.3) is 0 Å². The van der Waals surface area contributed by atoms with Gasteiger partial charge in [0.2, 0.25) is 5.91 Å². The first-order valence-corrected chi connectivity index (χ1v) is 10.4. The molecular weight excluding hydrogens is 425 g/mol. The van der Waals surface area contributed by atoms with Crippen LogP contribution >= 0.6 is 0 Å². The van der Waals surface area contributed by atoms with Crippen LogP contribution in [0.5, 0.6) is 11.5 Å². The van der Waals surface area contributed by atoms with Crippen LogP contribution < -0.4 is 14.8 Å². The van der Waals surface area contributed by atoms with Crippen molar-refractivity contribution in [1.82, 2.24) is 10.2 Å². The molecule has 2 aromatic carbocycles. The highest BCUT2D eigenvalue weighted by Crippen LogP contribution is 2.25. The normalized spacial score (nSPS) is 16.0. The highest BCUT2D eigenvalue weighted by atomic mass is 19.3. The zero-order valence-electron chi connectivity index (χ0n) is 17.4. The minimum atomic E-state index is -3.04. The fourth-order valence-corrected chi connectivity index (χ4v) is 3.56. The molecule has 1 saturated heterocycles. The number of carbonyl (C=O) groups is 2. The predicted octanol–water partition coefficient (Wildman–Crippen LogP) is 3.86. The van der Waals surface area contributed by atoms with Gasteiger partial charge in [0.05, 0.1) is 18.1 Å². The van der Waals surface area contributed by atoms with E-state index in [1.807, 2.05) is 0 Å². The van der Waals surface area contributed by atoms with Gasteiger partial charge in [-0.2, -0.15) is 8.78 Å². The quantitative estimate of drug-likeness (QED) is 0.589. The molecule has 1 unspecified atom stereocenters. The van der Waals surface area contributed by atoms with E-state index in [2.05, 4.69) is 10.1 Å². The number of carbonyl (C=O) groups excluding carboxylic acids is 2. The van der Waals surface area contributed by atoms with Gasteiger partial charge in [0.1, 0.15) is 5.75 Å². The Labute approximate surface area is 184 Å². The first-order valence-electron chi connectivity index (χ1n) is 10.4. The minimum Gasteiger partial charge on any atom is -0.490 e. The van der Waals surface area contributed by atoms with Gasteiger partial charge in [-0.3, -0.25) is 9.59 Å². The number of likely N-dealkylation sites (tertiary alicyclic amines) is 1. The Bertz CT molecular complexity index is 926. The number of nitrogens with one attached hydrogen (secondary N) is 1. The van der Waals surface area contributed by atoms with Gasteiger partial charge in [-0.05, 0) is 43.5 Å². The van der Waals surface area contributed by atoms with E-state index >= 15 is 0 Å². The molecule has 2 aromatic rings. The van der Waals surface area contributed by atoms with Gasteiger partial charge in [-0.25, -0.2) is 4.39 Å². The third-order valence-electron chi connectivity index (χ3n) is 5.13. The number of alkyl halides is 2. The number of rotatable bonds is 9. The Hall–Kier alpha value is -3.23. The van der Waals surface area contributed by atoms with Crippen LogP contribution in [0.3, 0.4) is 0 Å². The molecule has 3 rings (SSSR count). The second-order valence-electron chi connectivity index (χ2n) is 7.39. The highest BCUT2D eigenvalue weighted by Gasteiger charge is 2.30. The van der Waals surface area contributed by atoms with Crippen LogP contribution in [0.15, 0.2) is 48.5 Å². The van der Waals surface area contributed by atoms with Crippen molar-refractivity contribution < 1.29 is 32.2 Å². The molecule has 1 atom stereocenters. The summed E-state index contributed by atoms with van der Waals surface area (Å²) in [5, 5.41) is 2.82. The van der Waals surface area contributed by atoms with E-state index in [9.17, 15) is 22.8 Å².